The topological polar surface area (TPSA) is 108 Å². The molecule has 2 unspecified atom stereocenters. The van der Waals surface area contributed by atoms with Crippen LogP contribution in [0, 0.1) is 0 Å². The molecule has 0 radical (unpaired) electrons. The normalized spacial score (nSPS) is 13.7. The molecule has 0 rings (SSSR count). The van der Waals surface area contributed by atoms with Gasteiger partial charge in [0.15, 0.2) is 6.10 Å². The van der Waals surface area contributed by atoms with E-state index in [1.165, 1.54) is 231 Å². The van der Waals surface area contributed by atoms with Crippen LogP contribution in [0.4, 0.5) is 0 Å². The lowest BCUT2D eigenvalue weighted by Gasteiger charge is -2.24. The van der Waals surface area contributed by atoms with Crippen molar-refractivity contribution in [1.82, 2.24) is 0 Å². The molecule has 0 heterocycles. The fourth-order valence-electron chi connectivity index (χ4n) is 11.7. The van der Waals surface area contributed by atoms with Crippen LogP contribution in [0.2, 0.25) is 0 Å². The smallest absolute Gasteiger partial charge is 0.462 e. The summed E-state index contributed by atoms with van der Waals surface area (Å²) in [5.74, 6) is -0.813. The van der Waals surface area contributed by atoms with E-state index in [9.17, 15) is 19.0 Å². The minimum absolute atomic E-state index is 0.0231. The predicted octanol–water partition coefficient (Wildman–Crippen LogP) is 27.7. The Morgan fingerprint density at radius 3 is 0.878 bits per heavy atom. The summed E-state index contributed by atoms with van der Waals surface area (Å²) in [6.07, 6.45) is 112. The molecule has 0 saturated carbocycles. The zero-order chi connectivity index (χ0) is 71.1. The zero-order valence-corrected chi connectivity index (χ0v) is 65.6. The van der Waals surface area contributed by atoms with Crippen LogP contribution in [0.1, 0.15) is 373 Å². The number of carbonyl (C=O) groups excluding carboxylic acids is 2. The van der Waals surface area contributed by atoms with Crippen molar-refractivity contribution >= 4 is 19.8 Å². The van der Waals surface area contributed by atoms with Gasteiger partial charge < -0.3 is 18.9 Å². The number of likely N-dealkylation sites (N-methyl/N-ethyl adjacent to an activating group) is 1. The molecule has 0 aliphatic carbocycles. The number of rotatable bonds is 76. The number of carbonyl (C=O) groups is 2. The van der Waals surface area contributed by atoms with Crippen LogP contribution >= 0.6 is 7.82 Å². The fourth-order valence-corrected chi connectivity index (χ4v) is 12.5. The quantitative estimate of drug-likeness (QED) is 0.0211. The number of hydrogen-bond acceptors (Lipinski definition) is 7. The number of phosphoric acid groups is 1. The van der Waals surface area contributed by atoms with E-state index in [-0.39, 0.29) is 32.0 Å². The molecule has 10 heteroatoms. The average Bonchev–Trinajstić information content (AvgIpc) is 1.08. The molecule has 2 atom stereocenters. The Bertz CT molecular complexity index is 2070. The molecule has 98 heavy (non-hydrogen) atoms. The number of phosphoric ester groups is 1. The largest absolute Gasteiger partial charge is 0.472 e. The van der Waals surface area contributed by atoms with E-state index in [0.717, 1.165) is 109 Å². The van der Waals surface area contributed by atoms with Gasteiger partial charge in [-0.3, -0.25) is 18.6 Å². The molecule has 0 amide bonds. The van der Waals surface area contributed by atoms with Crippen LogP contribution in [0.3, 0.4) is 0 Å². The van der Waals surface area contributed by atoms with Crippen molar-refractivity contribution in [3.05, 3.63) is 122 Å². The summed E-state index contributed by atoms with van der Waals surface area (Å²) in [7, 11) is 1.46. The lowest BCUT2D eigenvalue weighted by Crippen LogP contribution is -2.37. The summed E-state index contributed by atoms with van der Waals surface area (Å²) in [5.41, 5.74) is 0. The molecule has 0 aromatic carbocycles. The average molecular weight is 1390 g/mol. The Morgan fingerprint density at radius 2 is 0.582 bits per heavy atom. The third-order valence-electron chi connectivity index (χ3n) is 18.0. The summed E-state index contributed by atoms with van der Waals surface area (Å²) in [4.78, 5) is 36.0. The van der Waals surface area contributed by atoms with Crippen molar-refractivity contribution in [2.75, 3.05) is 47.5 Å². The fraction of sp³-hybridized carbons (Fsp3) is 0.750. The van der Waals surface area contributed by atoms with Crippen LogP contribution in [0.25, 0.3) is 0 Å². The number of allylic oxidation sites excluding steroid dienone is 20. The van der Waals surface area contributed by atoms with Crippen molar-refractivity contribution in [3.63, 3.8) is 0 Å². The minimum atomic E-state index is -4.41. The van der Waals surface area contributed by atoms with Crippen LogP contribution in [-0.2, 0) is 32.7 Å². The van der Waals surface area contributed by atoms with Gasteiger partial charge in [0.1, 0.15) is 19.8 Å². The maximum Gasteiger partial charge on any atom is 0.472 e. The monoisotopic (exact) mass is 1390 g/mol. The first kappa shape index (κ1) is 94.4. The second-order valence-electron chi connectivity index (χ2n) is 28.8. The number of unbranched alkanes of at least 4 members (excludes halogenated alkanes) is 42. The molecule has 9 nitrogen and oxygen atoms in total. The summed E-state index contributed by atoms with van der Waals surface area (Å²) in [6.45, 7) is 4.33. The Labute approximate surface area is 607 Å². The van der Waals surface area contributed by atoms with Gasteiger partial charge in [0.25, 0.3) is 0 Å². The molecule has 1 N–H and O–H groups in total. The third-order valence-corrected chi connectivity index (χ3v) is 19.0. The summed E-state index contributed by atoms with van der Waals surface area (Å²) < 4.78 is 34.8. The molecule has 0 aromatic heterocycles. The van der Waals surface area contributed by atoms with Gasteiger partial charge in [-0.2, -0.15) is 0 Å². The van der Waals surface area contributed by atoms with Gasteiger partial charge in [-0.1, -0.05) is 373 Å². The lowest BCUT2D eigenvalue weighted by atomic mass is 10.0. The lowest BCUT2D eigenvalue weighted by molar-refractivity contribution is -0.870. The Kier molecular flexibility index (Phi) is 74.7. The predicted molar refractivity (Wildman–Crippen MR) is 427 cm³/mol. The molecule has 0 fully saturated rings. The second-order valence-corrected chi connectivity index (χ2v) is 30.2. The van der Waals surface area contributed by atoms with Crippen LogP contribution in [0.15, 0.2) is 122 Å². The molecule has 0 bridgehead atoms. The maximum absolute atomic E-state index is 12.9. The second kappa shape index (κ2) is 77.6. The first-order valence-corrected chi connectivity index (χ1v) is 42.8. The highest BCUT2D eigenvalue weighted by atomic mass is 31.2. The van der Waals surface area contributed by atoms with Gasteiger partial charge in [-0.25, -0.2) is 4.57 Å². The standard InChI is InChI=1S/C88H156NO8P/c1-6-8-10-12-14-16-18-20-22-24-26-28-30-32-34-36-38-40-41-42-43-44-45-46-47-49-50-52-54-56-58-60-62-64-66-68-70-72-74-76-78-80-87(90)94-84-86(85-96-98(92,93)95-83-82-89(3,4)5)97-88(91)81-79-77-75-73-71-69-67-65-63-61-59-57-55-53-51-48-39-37-35-33-31-29-27-25-23-21-19-17-15-13-11-9-7-2/h9,11,15,17,21,23-24,26-27,29,33,35,39,48,53,55,59,61,65,67,86H,6-8,10,12-14,16,18-20,22,25,28,30-32,34,36-38,40-47,49-52,54,56-58,60,62-64,66,68-85H2,1-5H3/p+1/b11-9-,17-15-,23-21-,26-24-,29-27-,35-33-,48-39-,55-53-,61-59-,67-65-. The van der Waals surface area contributed by atoms with Crippen molar-refractivity contribution in [2.24, 2.45) is 0 Å². The Balaban J connectivity index is 3.97. The first-order chi connectivity index (χ1) is 48.0. The van der Waals surface area contributed by atoms with Gasteiger partial charge in [0, 0.05) is 12.8 Å². The van der Waals surface area contributed by atoms with Crippen molar-refractivity contribution in [3.8, 4) is 0 Å². The Morgan fingerprint density at radius 1 is 0.327 bits per heavy atom. The molecule has 0 aromatic rings. The van der Waals surface area contributed by atoms with E-state index in [1.807, 2.05) is 21.1 Å². The molecule has 566 valence electrons. The van der Waals surface area contributed by atoms with Crippen LogP contribution < -0.4 is 0 Å². The number of hydrogen-bond donors (Lipinski definition) is 1. The van der Waals surface area contributed by atoms with E-state index in [4.69, 9.17) is 18.5 Å². The molecule has 0 aliphatic rings. The highest BCUT2D eigenvalue weighted by Gasteiger charge is 2.27. The summed E-state index contributed by atoms with van der Waals surface area (Å²) >= 11 is 0. The van der Waals surface area contributed by atoms with Crippen LogP contribution in [0.5, 0.6) is 0 Å². The van der Waals surface area contributed by atoms with Crippen molar-refractivity contribution in [2.45, 2.75) is 380 Å². The van der Waals surface area contributed by atoms with E-state index in [1.54, 1.807) is 0 Å². The van der Waals surface area contributed by atoms with Gasteiger partial charge >= 0.3 is 19.8 Å². The summed E-state index contributed by atoms with van der Waals surface area (Å²) in [5, 5.41) is 0. The first-order valence-electron chi connectivity index (χ1n) is 41.3. The van der Waals surface area contributed by atoms with Crippen molar-refractivity contribution in [1.29, 1.82) is 0 Å². The molecule has 0 saturated heterocycles. The molecular weight excluding hydrogens is 1230 g/mol. The van der Waals surface area contributed by atoms with E-state index < -0.39 is 26.5 Å². The van der Waals surface area contributed by atoms with Crippen LogP contribution in [-0.4, -0.2) is 74.9 Å². The Hall–Kier alpha value is -3.59. The van der Waals surface area contributed by atoms with Gasteiger partial charge in [0.2, 0.25) is 0 Å². The van der Waals surface area contributed by atoms with E-state index in [0.29, 0.717) is 17.4 Å². The molecular formula is C88H157NO8P+. The number of quaternary nitrogens is 1. The molecule has 0 spiro atoms. The molecule has 0 aliphatic heterocycles. The number of ether oxygens (including phenoxy) is 2. The highest BCUT2D eigenvalue weighted by Crippen LogP contribution is 2.43. The minimum Gasteiger partial charge on any atom is -0.462 e. The van der Waals surface area contributed by atoms with Gasteiger partial charge in [0.05, 0.1) is 27.7 Å². The SMILES string of the molecule is CC/C=C\C/C=C\C/C=C\C/C=C\C/C=C\C/C=C\C/C=C\C/C=C\C/C=C\CCCCCCCC(=O)OC(COC(=O)CCCCCCCCCCCCCCCCCCCCCCCCCCCCCCC/C=C\CCCCCCCCCC)COP(=O)(O)OCC[N+](C)(C)C. The van der Waals surface area contributed by atoms with Crippen molar-refractivity contribution < 1.29 is 42.1 Å². The van der Waals surface area contributed by atoms with Gasteiger partial charge in [-0.05, 0) is 109 Å². The summed E-state index contributed by atoms with van der Waals surface area (Å²) in [6, 6.07) is 0. The maximum atomic E-state index is 12.9. The zero-order valence-electron chi connectivity index (χ0n) is 64.8. The highest BCUT2D eigenvalue weighted by molar-refractivity contribution is 7.47. The van der Waals surface area contributed by atoms with E-state index >= 15 is 0 Å². The van der Waals surface area contributed by atoms with Gasteiger partial charge in [-0.15, -0.1) is 0 Å². The third kappa shape index (κ3) is 81.4. The number of nitrogens with zero attached hydrogens (tertiary/aromatic N) is 1. The van der Waals surface area contributed by atoms with E-state index in [2.05, 4.69) is 135 Å². The number of esters is 2.